The molecule has 16 heavy (non-hydrogen) atoms. The van der Waals surface area contributed by atoms with Crippen molar-refractivity contribution in [2.45, 2.75) is 20.4 Å². The van der Waals surface area contributed by atoms with Gasteiger partial charge in [-0.15, -0.1) is 0 Å². The summed E-state index contributed by atoms with van der Waals surface area (Å²) in [5, 5.41) is 1.14. The summed E-state index contributed by atoms with van der Waals surface area (Å²) < 4.78 is 7.18. The minimum atomic E-state index is -0.293. The number of nitrogens with zero attached hydrogens (tertiary/aromatic N) is 1. The summed E-state index contributed by atoms with van der Waals surface area (Å²) in [7, 11) is 0. The molecule has 0 saturated carbocycles. The number of aromatic nitrogens is 1. The molecular weight excluding hydrogens is 202 g/mol. The molecule has 0 saturated heterocycles. The van der Waals surface area contributed by atoms with Crippen LogP contribution in [-0.2, 0) is 11.3 Å². The minimum absolute atomic E-state index is 0.293. The Hall–Kier alpha value is -1.90. The molecule has 82 valence electrons. The first-order valence-corrected chi connectivity index (χ1v) is 5.31. The van der Waals surface area contributed by atoms with Gasteiger partial charge in [-0.05, 0) is 25.1 Å². The monoisotopic (exact) mass is 216 g/mol. The zero-order valence-electron chi connectivity index (χ0n) is 9.43. The third kappa shape index (κ3) is 2.03. The van der Waals surface area contributed by atoms with E-state index in [2.05, 4.69) is 11.5 Å². The molecule has 0 fully saturated rings. The molecule has 0 atom stereocenters. The number of hydrogen-bond donors (Lipinski definition) is 0. The van der Waals surface area contributed by atoms with Crippen LogP contribution >= 0.6 is 0 Å². The van der Waals surface area contributed by atoms with Crippen LogP contribution < -0.4 is 9.30 Å². The highest BCUT2D eigenvalue weighted by Gasteiger charge is 2.08. The predicted octanol–water partition coefficient (Wildman–Crippen LogP) is 2.07. The lowest BCUT2D eigenvalue weighted by Gasteiger charge is -2.02. The fraction of sp³-hybridized carbons (Fsp3) is 0.231. The van der Waals surface area contributed by atoms with Gasteiger partial charge in [-0.3, -0.25) is 4.79 Å². The predicted molar refractivity (Wildman–Crippen MR) is 61.1 cm³/mol. The molecule has 1 aromatic heterocycles. The number of carbonyl (C=O) groups is 1. The van der Waals surface area contributed by atoms with Gasteiger partial charge >= 0.3 is 5.97 Å². The summed E-state index contributed by atoms with van der Waals surface area (Å²) in [5.74, 6) is 0.298. The summed E-state index contributed by atoms with van der Waals surface area (Å²) in [6.07, 6.45) is 2.01. The van der Waals surface area contributed by atoms with E-state index in [0.717, 1.165) is 17.4 Å². The van der Waals surface area contributed by atoms with Crippen molar-refractivity contribution >= 4 is 16.9 Å². The van der Waals surface area contributed by atoms with Crippen molar-refractivity contribution in [3.63, 3.8) is 0 Å². The molecule has 0 aliphatic heterocycles. The second kappa shape index (κ2) is 4.31. The molecule has 0 bridgehead atoms. The second-order valence-corrected chi connectivity index (χ2v) is 3.61. The van der Waals surface area contributed by atoms with Crippen LogP contribution in [0.4, 0.5) is 0 Å². The number of carbonyl (C=O) groups excluding carboxylic acids is 1. The largest absolute Gasteiger partial charge is 0.426 e. The third-order valence-corrected chi connectivity index (χ3v) is 2.46. The van der Waals surface area contributed by atoms with Crippen molar-refractivity contribution in [2.24, 2.45) is 0 Å². The SMILES string of the molecule is CC[n+]1cccc2ccc(OC(C)=O)cc21. The first-order chi connectivity index (χ1) is 7.70. The van der Waals surface area contributed by atoms with Crippen LogP contribution in [0.3, 0.4) is 0 Å². The zero-order valence-corrected chi connectivity index (χ0v) is 9.43. The van der Waals surface area contributed by atoms with Crippen molar-refractivity contribution in [1.82, 2.24) is 0 Å². The van der Waals surface area contributed by atoms with Gasteiger partial charge < -0.3 is 4.74 Å². The van der Waals surface area contributed by atoms with E-state index < -0.39 is 0 Å². The first kappa shape index (κ1) is 10.6. The third-order valence-electron chi connectivity index (χ3n) is 2.46. The maximum Gasteiger partial charge on any atom is 0.308 e. The number of esters is 1. The molecule has 0 N–H and O–H groups in total. The Morgan fingerprint density at radius 1 is 1.38 bits per heavy atom. The van der Waals surface area contributed by atoms with Crippen LogP contribution in [0.15, 0.2) is 36.5 Å². The molecule has 0 aliphatic rings. The number of benzene rings is 1. The Kier molecular flexibility index (Phi) is 2.86. The number of hydrogen-bond acceptors (Lipinski definition) is 2. The van der Waals surface area contributed by atoms with Gasteiger partial charge in [0.1, 0.15) is 12.3 Å². The molecule has 1 heterocycles. The smallest absolute Gasteiger partial charge is 0.308 e. The average Bonchev–Trinajstić information content (AvgIpc) is 2.27. The summed E-state index contributed by atoms with van der Waals surface area (Å²) in [6, 6.07) is 9.71. The van der Waals surface area contributed by atoms with Gasteiger partial charge in [0.2, 0.25) is 5.52 Å². The van der Waals surface area contributed by atoms with Crippen LogP contribution in [0, 0.1) is 0 Å². The van der Waals surface area contributed by atoms with Gasteiger partial charge in [-0.2, -0.15) is 4.57 Å². The normalized spacial score (nSPS) is 10.4. The lowest BCUT2D eigenvalue weighted by molar-refractivity contribution is -0.667. The van der Waals surface area contributed by atoms with Crippen molar-refractivity contribution < 1.29 is 14.1 Å². The first-order valence-electron chi connectivity index (χ1n) is 5.31. The topological polar surface area (TPSA) is 30.2 Å². The molecule has 3 nitrogen and oxygen atoms in total. The van der Waals surface area contributed by atoms with E-state index in [-0.39, 0.29) is 5.97 Å². The number of ether oxygens (including phenoxy) is 1. The highest BCUT2D eigenvalue weighted by Crippen LogP contribution is 2.18. The Morgan fingerprint density at radius 2 is 2.19 bits per heavy atom. The molecule has 2 aromatic rings. The number of fused-ring (bicyclic) bond motifs is 1. The number of rotatable bonds is 2. The van der Waals surface area contributed by atoms with E-state index in [1.807, 2.05) is 36.5 Å². The molecule has 1 aromatic carbocycles. The highest BCUT2D eigenvalue weighted by molar-refractivity contribution is 5.78. The van der Waals surface area contributed by atoms with Gasteiger partial charge in [-0.1, -0.05) is 0 Å². The fourth-order valence-corrected chi connectivity index (χ4v) is 1.75. The minimum Gasteiger partial charge on any atom is -0.426 e. The zero-order chi connectivity index (χ0) is 11.5. The van der Waals surface area contributed by atoms with Gasteiger partial charge in [0.05, 0.1) is 6.07 Å². The Labute approximate surface area is 94.3 Å². The maximum atomic E-state index is 10.9. The Bertz CT molecular complexity index is 534. The second-order valence-electron chi connectivity index (χ2n) is 3.61. The number of pyridine rings is 1. The van der Waals surface area contributed by atoms with Gasteiger partial charge in [0, 0.05) is 18.4 Å². The summed E-state index contributed by atoms with van der Waals surface area (Å²) >= 11 is 0. The van der Waals surface area contributed by atoms with Crippen LogP contribution in [0.5, 0.6) is 5.75 Å². The molecule has 3 heteroatoms. The standard InChI is InChI=1S/C13H14NO2/c1-3-14-8-4-5-11-6-7-12(9-13(11)14)16-10(2)15/h4-9H,3H2,1-2H3/q+1. The molecule has 2 rings (SSSR count). The molecule has 0 unspecified atom stereocenters. The van der Waals surface area contributed by atoms with Crippen LogP contribution in [0.2, 0.25) is 0 Å². The molecule has 0 amide bonds. The van der Waals surface area contributed by atoms with E-state index >= 15 is 0 Å². The summed E-state index contributed by atoms with van der Waals surface area (Å²) in [6.45, 7) is 4.38. The van der Waals surface area contributed by atoms with E-state index in [9.17, 15) is 4.79 Å². The van der Waals surface area contributed by atoms with Gasteiger partial charge in [0.25, 0.3) is 0 Å². The van der Waals surface area contributed by atoms with E-state index in [4.69, 9.17) is 4.74 Å². The number of aryl methyl sites for hydroxylation is 1. The lowest BCUT2D eigenvalue weighted by atomic mass is 10.2. The molecular formula is C13H14NO2+. The van der Waals surface area contributed by atoms with Crippen molar-refractivity contribution in [3.8, 4) is 5.75 Å². The maximum absolute atomic E-state index is 10.9. The quantitative estimate of drug-likeness (QED) is 0.437. The van der Waals surface area contributed by atoms with Crippen molar-refractivity contribution in [2.75, 3.05) is 0 Å². The van der Waals surface area contributed by atoms with E-state index in [1.165, 1.54) is 6.92 Å². The summed E-state index contributed by atoms with van der Waals surface area (Å²) in [5.41, 5.74) is 1.07. The lowest BCUT2D eigenvalue weighted by Crippen LogP contribution is -2.32. The summed E-state index contributed by atoms with van der Waals surface area (Å²) in [4.78, 5) is 10.9. The van der Waals surface area contributed by atoms with Crippen molar-refractivity contribution in [3.05, 3.63) is 36.5 Å². The Balaban J connectivity index is 2.54. The molecule has 0 spiro atoms. The van der Waals surface area contributed by atoms with Crippen LogP contribution in [-0.4, -0.2) is 5.97 Å². The Morgan fingerprint density at radius 3 is 2.88 bits per heavy atom. The molecule has 0 aliphatic carbocycles. The fourth-order valence-electron chi connectivity index (χ4n) is 1.75. The highest BCUT2D eigenvalue weighted by atomic mass is 16.5. The molecule has 0 radical (unpaired) electrons. The van der Waals surface area contributed by atoms with E-state index in [0.29, 0.717) is 5.75 Å². The van der Waals surface area contributed by atoms with Gasteiger partial charge in [-0.25, -0.2) is 0 Å². The van der Waals surface area contributed by atoms with Gasteiger partial charge in [0.15, 0.2) is 6.20 Å². The van der Waals surface area contributed by atoms with Crippen LogP contribution in [0.1, 0.15) is 13.8 Å². The average molecular weight is 216 g/mol. The van der Waals surface area contributed by atoms with Crippen LogP contribution in [0.25, 0.3) is 10.9 Å². The van der Waals surface area contributed by atoms with E-state index in [1.54, 1.807) is 0 Å². The van der Waals surface area contributed by atoms with Crippen molar-refractivity contribution in [1.29, 1.82) is 0 Å².